The van der Waals surface area contributed by atoms with E-state index >= 15 is 0 Å². The number of nitrogens with zero attached hydrogens (tertiary/aromatic N) is 1. The molecule has 4 rings (SSSR count). The molecule has 1 heterocycles. The van der Waals surface area contributed by atoms with Gasteiger partial charge in [-0.3, -0.25) is 9.59 Å². The zero-order valence-corrected chi connectivity index (χ0v) is 21.9. The van der Waals surface area contributed by atoms with Crippen LogP contribution in [0, 0.1) is 14.4 Å². The molecule has 0 bridgehead atoms. The number of halogens is 1. The zero-order valence-electron chi connectivity index (χ0n) is 19.8. The number of aromatic hydroxyl groups is 1. The molecule has 1 N–H and O–H groups in total. The molecule has 0 spiro atoms. The summed E-state index contributed by atoms with van der Waals surface area (Å²) in [6.45, 7) is 10.8. The summed E-state index contributed by atoms with van der Waals surface area (Å²) in [5, 5.41) is 10.5. The first-order chi connectivity index (χ1) is 14.8. The van der Waals surface area contributed by atoms with Gasteiger partial charge in [-0.1, -0.05) is 27.7 Å². The smallest absolute Gasteiger partial charge is 0.171 e. The normalized spacial score (nSPS) is 22.8. The van der Waals surface area contributed by atoms with Gasteiger partial charge in [-0.15, -0.1) is 0 Å². The number of phenolic OH excluding ortho intramolecular Hbond substituents is 1. The van der Waals surface area contributed by atoms with Crippen molar-refractivity contribution < 1.29 is 19.4 Å². The third-order valence-corrected chi connectivity index (χ3v) is 7.69. The fourth-order valence-corrected chi connectivity index (χ4v) is 6.15. The van der Waals surface area contributed by atoms with Crippen LogP contribution < -0.4 is 4.74 Å². The number of hydrogen-bond donors (Lipinski definition) is 1. The topological polar surface area (TPSA) is 66.8 Å². The lowest BCUT2D eigenvalue weighted by molar-refractivity contribution is -0.119. The highest BCUT2D eigenvalue weighted by Crippen LogP contribution is 2.54. The quantitative estimate of drug-likeness (QED) is 0.490. The van der Waals surface area contributed by atoms with Crippen LogP contribution in [0.4, 0.5) is 0 Å². The van der Waals surface area contributed by atoms with E-state index in [2.05, 4.69) is 55.2 Å². The maximum absolute atomic E-state index is 13.5. The van der Waals surface area contributed by atoms with E-state index in [1.54, 1.807) is 0 Å². The van der Waals surface area contributed by atoms with Crippen LogP contribution in [0.2, 0.25) is 0 Å². The first kappa shape index (κ1) is 23.3. The number of ketones is 2. The first-order valence-electron chi connectivity index (χ1n) is 11.3. The van der Waals surface area contributed by atoms with Gasteiger partial charge in [0, 0.05) is 48.3 Å². The molecule has 3 aliphatic rings. The van der Waals surface area contributed by atoms with Gasteiger partial charge in [0.05, 0.1) is 10.2 Å². The van der Waals surface area contributed by atoms with Crippen molar-refractivity contribution in [2.24, 2.45) is 10.8 Å². The van der Waals surface area contributed by atoms with Gasteiger partial charge in [0.2, 0.25) is 0 Å². The summed E-state index contributed by atoms with van der Waals surface area (Å²) in [5.74, 6) is 0.290. The fraction of sp³-hybridized carbons (Fsp3) is 0.538. The summed E-state index contributed by atoms with van der Waals surface area (Å²) in [7, 11) is 2.01. The summed E-state index contributed by atoms with van der Waals surface area (Å²) in [4.78, 5) is 29.2. The van der Waals surface area contributed by atoms with Crippen LogP contribution in [0.5, 0.6) is 11.5 Å². The Balaban J connectivity index is 1.99. The minimum absolute atomic E-state index is 0.0970. The summed E-state index contributed by atoms with van der Waals surface area (Å²) < 4.78 is 6.35. The van der Waals surface area contributed by atoms with Gasteiger partial charge in [-0.25, -0.2) is 0 Å². The van der Waals surface area contributed by atoms with Gasteiger partial charge < -0.3 is 14.7 Å². The third kappa shape index (κ3) is 3.88. The van der Waals surface area contributed by atoms with Crippen molar-refractivity contribution in [3.8, 4) is 11.5 Å². The fourth-order valence-electron chi connectivity index (χ4n) is 5.52. The van der Waals surface area contributed by atoms with Crippen molar-refractivity contribution in [1.29, 1.82) is 0 Å². The van der Waals surface area contributed by atoms with E-state index in [9.17, 15) is 14.7 Å². The van der Waals surface area contributed by atoms with E-state index in [1.807, 2.05) is 26.1 Å². The standard InChI is InChI=1S/C26H32INO4/c1-7-32-20-9-14(8-15(27)24(20)31)21-22-16(10-25(2,3)12-18(22)29)28(6)17-11-26(4,5)13-19(30)23(17)21/h8-9,21,31H,7,10-13H2,1-6H3. The second-order valence-electron chi connectivity index (χ2n) is 10.9. The lowest BCUT2D eigenvalue weighted by atomic mass is 9.64. The van der Waals surface area contributed by atoms with Crippen molar-refractivity contribution in [3.05, 3.63) is 43.8 Å². The SMILES string of the molecule is CCOc1cc(C2C3=C(CC(C)(C)CC3=O)N(C)C3=C2C(=O)CC(C)(C)C3)cc(I)c1O. The number of carbonyl (C=O) groups is 2. The highest BCUT2D eigenvalue weighted by molar-refractivity contribution is 14.1. The Morgan fingerprint density at radius 3 is 1.97 bits per heavy atom. The van der Waals surface area contributed by atoms with Crippen molar-refractivity contribution in [2.45, 2.75) is 66.2 Å². The molecule has 1 aromatic rings. The highest BCUT2D eigenvalue weighted by Gasteiger charge is 2.48. The number of allylic oxidation sites excluding steroid dienone is 4. The number of rotatable bonds is 3. The Morgan fingerprint density at radius 1 is 1.00 bits per heavy atom. The van der Waals surface area contributed by atoms with Crippen molar-refractivity contribution in [3.63, 3.8) is 0 Å². The van der Waals surface area contributed by atoms with E-state index < -0.39 is 5.92 Å². The second kappa shape index (κ2) is 7.89. The molecule has 2 aliphatic carbocycles. The number of phenols is 1. The van der Waals surface area contributed by atoms with Crippen LogP contribution in [0.3, 0.4) is 0 Å². The lowest BCUT2D eigenvalue weighted by Gasteiger charge is -2.48. The van der Waals surface area contributed by atoms with Gasteiger partial charge in [-0.05, 0) is 70.9 Å². The van der Waals surface area contributed by atoms with E-state index in [1.165, 1.54) is 0 Å². The molecule has 0 saturated carbocycles. The summed E-state index contributed by atoms with van der Waals surface area (Å²) >= 11 is 2.09. The van der Waals surface area contributed by atoms with Gasteiger partial charge >= 0.3 is 0 Å². The Bertz CT molecular complexity index is 1030. The largest absolute Gasteiger partial charge is 0.504 e. The maximum atomic E-state index is 13.5. The minimum atomic E-state index is -0.420. The number of ether oxygens (including phenoxy) is 1. The second-order valence-corrected chi connectivity index (χ2v) is 12.0. The number of hydrogen-bond acceptors (Lipinski definition) is 5. The Labute approximate surface area is 204 Å². The summed E-state index contributed by atoms with van der Waals surface area (Å²) in [6, 6.07) is 3.70. The first-order valence-corrected chi connectivity index (χ1v) is 12.3. The van der Waals surface area contributed by atoms with Gasteiger partial charge in [0.1, 0.15) is 0 Å². The van der Waals surface area contributed by atoms with Crippen LogP contribution in [0.15, 0.2) is 34.7 Å². The van der Waals surface area contributed by atoms with Crippen LogP contribution in [-0.2, 0) is 9.59 Å². The summed E-state index contributed by atoms with van der Waals surface area (Å²) in [5.41, 5.74) is 4.12. The molecule has 0 amide bonds. The molecule has 0 atom stereocenters. The molecule has 0 fully saturated rings. The van der Waals surface area contributed by atoms with Gasteiger partial charge in [0.15, 0.2) is 23.1 Å². The molecule has 0 aromatic heterocycles. The van der Waals surface area contributed by atoms with Crippen LogP contribution in [0.25, 0.3) is 0 Å². The van der Waals surface area contributed by atoms with Crippen molar-refractivity contribution in [2.75, 3.05) is 13.7 Å². The van der Waals surface area contributed by atoms with E-state index in [0.717, 1.165) is 40.9 Å². The third-order valence-electron chi connectivity index (χ3n) is 6.86. The molecule has 0 saturated heterocycles. The molecular formula is C26H32INO4. The molecule has 0 radical (unpaired) electrons. The molecular weight excluding hydrogens is 517 g/mol. The van der Waals surface area contributed by atoms with E-state index in [0.29, 0.717) is 28.8 Å². The average molecular weight is 549 g/mol. The summed E-state index contributed by atoms with van der Waals surface area (Å²) in [6.07, 6.45) is 2.51. The molecule has 5 nitrogen and oxygen atoms in total. The number of Topliss-reactive ketones (excluding diaryl/α,β-unsaturated/α-hetero) is 2. The molecule has 172 valence electrons. The predicted octanol–water partition coefficient (Wildman–Crippen LogP) is 5.71. The molecule has 6 heteroatoms. The van der Waals surface area contributed by atoms with Crippen molar-refractivity contribution >= 4 is 34.2 Å². The Hall–Kier alpha value is -1.83. The van der Waals surface area contributed by atoms with Crippen molar-refractivity contribution in [1.82, 2.24) is 4.90 Å². The van der Waals surface area contributed by atoms with Crippen LogP contribution in [-0.4, -0.2) is 35.2 Å². The van der Waals surface area contributed by atoms with Crippen LogP contribution in [0.1, 0.15) is 71.8 Å². The average Bonchev–Trinajstić information content (AvgIpc) is 2.65. The van der Waals surface area contributed by atoms with Gasteiger partial charge in [0.25, 0.3) is 0 Å². The molecule has 0 unspecified atom stereocenters. The van der Waals surface area contributed by atoms with E-state index in [-0.39, 0.29) is 28.1 Å². The molecule has 32 heavy (non-hydrogen) atoms. The van der Waals surface area contributed by atoms with E-state index in [4.69, 9.17) is 4.74 Å². The highest BCUT2D eigenvalue weighted by atomic mass is 127. The Kier molecular flexibility index (Phi) is 5.75. The molecule has 1 aromatic carbocycles. The predicted molar refractivity (Wildman–Crippen MR) is 133 cm³/mol. The maximum Gasteiger partial charge on any atom is 0.171 e. The van der Waals surface area contributed by atoms with Crippen LogP contribution >= 0.6 is 22.6 Å². The van der Waals surface area contributed by atoms with Gasteiger partial charge in [-0.2, -0.15) is 0 Å². The number of carbonyl (C=O) groups excluding carboxylic acids is 2. The number of benzene rings is 1. The monoisotopic (exact) mass is 549 g/mol. The lowest BCUT2D eigenvalue weighted by Crippen LogP contribution is -2.43. The zero-order chi connectivity index (χ0) is 23.6. The Morgan fingerprint density at radius 2 is 1.50 bits per heavy atom. The minimum Gasteiger partial charge on any atom is -0.504 e. The molecule has 1 aliphatic heterocycles.